The summed E-state index contributed by atoms with van der Waals surface area (Å²) in [5.41, 5.74) is 0. The highest BCUT2D eigenvalue weighted by atomic mass is 32.2. The monoisotopic (exact) mass is 290 g/mol. The van der Waals surface area contributed by atoms with Gasteiger partial charge >= 0.3 is 0 Å². The van der Waals surface area contributed by atoms with Crippen molar-refractivity contribution in [3.8, 4) is 0 Å². The first-order valence-electron chi connectivity index (χ1n) is 7.44. The highest BCUT2D eigenvalue weighted by Crippen LogP contribution is 2.26. The van der Waals surface area contributed by atoms with Crippen LogP contribution < -0.4 is 4.72 Å². The van der Waals surface area contributed by atoms with Crippen molar-refractivity contribution in [2.75, 3.05) is 13.2 Å². The summed E-state index contributed by atoms with van der Waals surface area (Å²) in [6, 6.07) is -0.0136. The van der Waals surface area contributed by atoms with E-state index in [9.17, 15) is 13.5 Å². The molecule has 2 aliphatic rings. The molecule has 0 spiro atoms. The quantitative estimate of drug-likeness (QED) is 0.818. The van der Waals surface area contributed by atoms with Gasteiger partial charge in [-0.05, 0) is 38.5 Å². The Bertz CT molecular complexity index is 385. The molecule has 1 aliphatic heterocycles. The first-order valence-corrected chi connectivity index (χ1v) is 8.88. The van der Waals surface area contributed by atoms with E-state index in [0.717, 1.165) is 44.9 Å². The van der Waals surface area contributed by atoms with E-state index in [4.69, 9.17) is 0 Å². The van der Waals surface area contributed by atoms with E-state index < -0.39 is 10.2 Å². The first-order chi connectivity index (χ1) is 9.04. The van der Waals surface area contributed by atoms with E-state index in [1.807, 2.05) is 6.92 Å². The molecule has 0 bridgehead atoms. The van der Waals surface area contributed by atoms with Gasteiger partial charge in [0.1, 0.15) is 0 Å². The average Bonchev–Trinajstić information content (AvgIpc) is 2.39. The van der Waals surface area contributed by atoms with Crippen molar-refractivity contribution in [2.45, 2.75) is 64.0 Å². The topological polar surface area (TPSA) is 69.6 Å². The van der Waals surface area contributed by atoms with Crippen molar-refractivity contribution in [3.05, 3.63) is 0 Å². The van der Waals surface area contributed by atoms with Crippen LogP contribution in [0.1, 0.15) is 51.9 Å². The highest BCUT2D eigenvalue weighted by molar-refractivity contribution is 7.87. The molecule has 3 unspecified atom stereocenters. The third-order valence-electron chi connectivity index (χ3n) is 4.49. The summed E-state index contributed by atoms with van der Waals surface area (Å²) in [6.07, 6.45) is 6.87. The highest BCUT2D eigenvalue weighted by Gasteiger charge is 2.34. The van der Waals surface area contributed by atoms with Crippen LogP contribution in [0.25, 0.3) is 0 Å². The number of aliphatic hydroxyl groups excluding tert-OH is 1. The third-order valence-corrected chi connectivity index (χ3v) is 6.26. The van der Waals surface area contributed by atoms with E-state index in [2.05, 4.69) is 4.72 Å². The van der Waals surface area contributed by atoms with Crippen LogP contribution in [-0.2, 0) is 10.2 Å². The van der Waals surface area contributed by atoms with Gasteiger partial charge in [-0.15, -0.1) is 0 Å². The Morgan fingerprint density at radius 3 is 2.53 bits per heavy atom. The van der Waals surface area contributed by atoms with E-state index in [0.29, 0.717) is 6.54 Å². The minimum Gasteiger partial charge on any atom is -0.396 e. The molecule has 1 saturated heterocycles. The Kier molecular flexibility index (Phi) is 5.22. The minimum atomic E-state index is -3.40. The van der Waals surface area contributed by atoms with Crippen LogP contribution in [-0.4, -0.2) is 43.1 Å². The molecular weight excluding hydrogens is 264 g/mol. The van der Waals surface area contributed by atoms with E-state index in [-0.39, 0.29) is 24.6 Å². The second-order valence-corrected chi connectivity index (χ2v) is 7.57. The van der Waals surface area contributed by atoms with Crippen LogP contribution in [0.2, 0.25) is 0 Å². The molecule has 6 heteroatoms. The van der Waals surface area contributed by atoms with E-state index >= 15 is 0 Å². The fourth-order valence-electron chi connectivity index (χ4n) is 3.27. The van der Waals surface area contributed by atoms with Crippen LogP contribution in [0, 0.1) is 5.92 Å². The van der Waals surface area contributed by atoms with Gasteiger partial charge in [-0.1, -0.05) is 19.3 Å². The molecule has 2 fully saturated rings. The zero-order valence-corrected chi connectivity index (χ0v) is 12.5. The lowest BCUT2D eigenvalue weighted by molar-refractivity contribution is 0.161. The molecule has 19 heavy (non-hydrogen) atoms. The SMILES string of the molecule is CC1CCCCN1S(=O)(=O)NC1CCCCC1CO. The maximum absolute atomic E-state index is 12.5. The van der Waals surface area contributed by atoms with Crippen molar-refractivity contribution in [1.82, 2.24) is 9.03 Å². The molecule has 2 N–H and O–H groups in total. The average molecular weight is 290 g/mol. The van der Waals surface area contributed by atoms with Crippen LogP contribution in [0.3, 0.4) is 0 Å². The van der Waals surface area contributed by atoms with Crippen molar-refractivity contribution < 1.29 is 13.5 Å². The molecule has 1 heterocycles. The maximum Gasteiger partial charge on any atom is 0.279 e. The van der Waals surface area contributed by atoms with Gasteiger partial charge in [0.15, 0.2) is 0 Å². The standard InChI is InChI=1S/C13H26N2O3S/c1-11-6-4-5-9-15(11)19(17,18)14-13-8-3-2-7-12(13)10-16/h11-14,16H,2-10H2,1H3. The summed E-state index contributed by atoms with van der Waals surface area (Å²) in [5, 5.41) is 9.37. The molecule has 0 amide bonds. The fourth-order valence-corrected chi connectivity index (χ4v) is 5.05. The molecule has 1 aliphatic carbocycles. The number of nitrogens with zero attached hydrogens (tertiary/aromatic N) is 1. The Morgan fingerprint density at radius 1 is 1.16 bits per heavy atom. The lowest BCUT2D eigenvalue weighted by atomic mass is 9.86. The minimum absolute atomic E-state index is 0.0722. The largest absolute Gasteiger partial charge is 0.396 e. The van der Waals surface area contributed by atoms with Crippen LogP contribution in [0.4, 0.5) is 0 Å². The molecule has 112 valence electrons. The van der Waals surface area contributed by atoms with Crippen molar-refractivity contribution >= 4 is 10.2 Å². The Labute approximate surface area is 116 Å². The molecule has 0 radical (unpaired) electrons. The van der Waals surface area contributed by atoms with Gasteiger partial charge in [0.25, 0.3) is 10.2 Å². The molecule has 0 aromatic rings. The van der Waals surface area contributed by atoms with Crippen molar-refractivity contribution in [1.29, 1.82) is 0 Å². The summed E-state index contributed by atoms with van der Waals surface area (Å²) in [6.45, 7) is 2.67. The number of nitrogens with one attached hydrogen (secondary N) is 1. The lowest BCUT2D eigenvalue weighted by Crippen LogP contribution is -2.53. The summed E-state index contributed by atoms with van der Waals surface area (Å²) in [7, 11) is -3.40. The molecule has 5 nitrogen and oxygen atoms in total. The predicted octanol–water partition coefficient (Wildman–Crippen LogP) is 1.25. The molecular formula is C13H26N2O3S. The van der Waals surface area contributed by atoms with Gasteiger partial charge in [0.2, 0.25) is 0 Å². The summed E-state index contributed by atoms with van der Waals surface area (Å²) in [5.74, 6) is 0.0728. The van der Waals surface area contributed by atoms with Crippen molar-refractivity contribution in [2.24, 2.45) is 5.92 Å². The number of hydrogen-bond acceptors (Lipinski definition) is 3. The normalized spacial score (nSPS) is 34.3. The third kappa shape index (κ3) is 3.68. The summed E-state index contributed by atoms with van der Waals surface area (Å²) < 4.78 is 29.3. The smallest absolute Gasteiger partial charge is 0.279 e. The molecule has 0 aromatic carbocycles. The van der Waals surface area contributed by atoms with Crippen LogP contribution in [0.5, 0.6) is 0 Å². The van der Waals surface area contributed by atoms with E-state index in [1.165, 1.54) is 0 Å². The number of hydrogen-bond donors (Lipinski definition) is 2. The summed E-state index contributed by atoms with van der Waals surface area (Å²) >= 11 is 0. The van der Waals surface area contributed by atoms with Gasteiger partial charge in [-0.3, -0.25) is 0 Å². The fraction of sp³-hybridized carbons (Fsp3) is 1.00. The zero-order chi connectivity index (χ0) is 13.9. The number of rotatable bonds is 4. The van der Waals surface area contributed by atoms with Crippen molar-refractivity contribution in [3.63, 3.8) is 0 Å². The number of aliphatic hydroxyl groups is 1. The van der Waals surface area contributed by atoms with Gasteiger partial charge in [0.05, 0.1) is 0 Å². The van der Waals surface area contributed by atoms with Gasteiger partial charge < -0.3 is 5.11 Å². The Balaban J connectivity index is 2.03. The zero-order valence-electron chi connectivity index (χ0n) is 11.7. The second-order valence-electron chi connectivity index (χ2n) is 5.91. The Morgan fingerprint density at radius 2 is 1.84 bits per heavy atom. The molecule has 1 saturated carbocycles. The molecule has 3 atom stereocenters. The second kappa shape index (κ2) is 6.52. The summed E-state index contributed by atoms with van der Waals surface area (Å²) in [4.78, 5) is 0. The predicted molar refractivity (Wildman–Crippen MR) is 74.9 cm³/mol. The number of piperidine rings is 1. The first kappa shape index (κ1) is 15.2. The molecule has 0 aromatic heterocycles. The van der Waals surface area contributed by atoms with Gasteiger partial charge in [-0.2, -0.15) is 17.4 Å². The molecule has 2 rings (SSSR count). The Hall–Kier alpha value is -0.170. The maximum atomic E-state index is 12.5. The van der Waals surface area contributed by atoms with Gasteiger partial charge in [0, 0.05) is 25.2 Å². The van der Waals surface area contributed by atoms with E-state index in [1.54, 1.807) is 4.31 Å². The lowest BCUT2D eigenvalue weighted by Gasteiger charge is -2.36. The van der Waals surface area contributed by atoms with Crippen LogP contribution in [0.15, 0.2) is 0 Å². The van der Waals surface area contributed by atoms with Gasteiger partial charge in [-0.25, -0.2) is 0 Å². The van der Waals surface area contributed by atoms with Crippen LogP contribution >= 0.6 is 0 Å².